The summed E-state index contributed by atoms with van der Waals surface area (Å²) in [6.45, 7) is 1.63. The second kappa shape index (κ2) is 9.04. The van der Waals surface area contributed by atoms with E-state index < -0.39 is 0 Å². The molecular formula is C12H17BrN2O3. The van der Waals surface area contributed by atoms with Crippen molar-refractivity contribution >= 4 is 27.5 Å². The Bertz CT molecular complexity index is 374. The van der Waals surface area contributed by atoms with Crippen LogP contribution in [-0.2, 0) is 9.53 Å². The Morgan fingerprint density at radius 1 is 1.39 bits per heavy atom. The molecule has 0 heterocycles. The van der Waals surface area contributed by atoms with Gasteiger partial charge in [-0.3, -0.25) is 4.79 Å². The standard InChI is InChI=1S/C12H17BrN2O3/c13-10-2-1-3-11(8-10)15-12(17)9-14-4-6-18-7-5-16/h1-3,8,14,16H,4-7,9H2,(H,15,17). The van der Waals surface area contributed by atoms with Crippen LogP contribution >= 0.6 is 15.9 Å². The Morgan fingerprint density at radius 3 is 2.94 bits per heavy atom. The first-order valence-electron chi connectivity index (χ1n) is 5.67. The maximum absolute atomic E-state index is 11.5. The molecule has 1 aromatic rings. The molecule has 6 heteroatoms. The zero-order chi connectivity index (χ0) is 13.2. The van der Waals surface area contributed by atoms with Gasteiger partial charge >= 0.3 is 0 Å². The lowest BCUT2D eigenvalue weighted by atomic mass is 10.3. The van der Waals surface area contributed by atoms with E-state index in [9.17, 15) is 4.79 Å². The molecule has 1 rings (SSSR count). The number of nitrogens with one attached hydrogen (secondary N) is 2. The summed E-state index contributed by atoms with van der Waals surface area (Å²) in [5, 5.41) is 14.2. The highest BCUT2D eigenvalue weighted by molar-refractivity contribution is 9.10. The largest absolute Gasteiger partial charge is 0.394 e. The summed E-state index contributed by atoms with van der Waals surface area (Å²) in [6, 6.07) is 7.41. The molecule has 100 valence electrons. The highest BCUT2D eigenvalue weighted by Crippen LogP contribution is 2.15. The molecule has 1 aromatic carbocycles. The SMILES string of the molecule is O=C(CNCCOCCO)Nc1cccc(Br)c1. The number of amides is 1. The van der Waals surface area contributed by atoms with E-state index in [0.717, 1.165) is 10.2 Å². The van der Waals surface area contributed by atoms with Crippen molar-refractivity contribution in [3.05, 3.63) is 28.7 Å². The van der Waals surface area contributed by atoms with Gasteiger partial charge in [-0.25, -0.2) is 0 Å². The number of carbonyl (C=O) groups excluding carboxylic acids is 1. The summed E-state index contributed by atoms with van der Waals surface area (Å²) < 4.78 is 5.97. The highest BCUT2D eigenvalue weighted by atomic mass is 79.9. The van der Waals surface area contributed by atoms with E-state index in [4.69, 9.17) is 9.84 Å². The number of rotatable bonds is 8. The van der Waals surface area contributed by atoms with Gasteiger partial charge in [-0.15, -0.1) is 0 Å². The molecule has 0 aliphatic rings. The minimum Gasteiger partial charge on any atom is -0.394 e. The predicted octanol–water partition coefficient (Wildman–Crippen LogP) is 0.986. The van der Waals surface area contributed by atoms with Gasteiger partial charge in [-0.05, 0) is 18.2 Å². The van der Waals surface area contributed by atoms with Crippen molar-refractivity contribution in [3.63, 3.8) is 0 Å². The van der Waals surface area contributed by atoms with E-state index in [1.54, 1.807) is 0 Å². The topological polar surface area (TPSA) is 70.6 Å². The van der Waals surface area contributed by atoms with Crippen LogP contribution in [0.2, 0.25) is 0 Å². The number of halogens is 1. The van der Waals surface area contributed by atoms with Crippen LogP contribution in [0.5, 0.6) is 0 Å². The summed E-state index contributed by atoms with van der Waals surface area (Å²) in [6.07, 6.45) is 0. The number of hydrogen-bond acceptors (Lipinski definition) is 4. The van der Waals surface area contributed by atoms with Gasteiger partial charge in [0.25, 0.3) is 0 Å². The molecule has 0 aliphatic heterocycles. The summed E-state index contributed by atoms with van der Waals surface area (Å²) >= 11 is 3.34. The number of benzene rings is 1. The fourth-order valence-corrected chi connectivity index (χ4v) is 1.68. The van der Waals surface area contributed by atoms with Crippen molar-refractivity contribution in [1.82, 2.24) is 5.32 Å². The zero-order valence-corrected chi connectivity index (χ0v) is 11.6. The Hall–Kier alpha value is -0.950. The average molecular weight is 317 g/mol. The van der Waals surface area contributed by atoms with Crippen molar-refractivity contribution in [1.29, 1.82) is 0 Å². The summed E-state index contributed by atoms with van der Waals surface area (Å²) in [5.74, 6) is -0.102. The third-order valence-electron chi connectivity index (χ3n) is 2.05. The molecule has 0 bridgehead atoms. The lowest BCUT2D eigenvalue weighted by Gasteiger charge is -2.07. The van der Waals surface area contributed by atoms with Crippen LogP contribution in [0.1, 0.15) is 0 Å². The monoisotopic (exact) mass is 316 g/mol. The van der Waals surface area contributed by atoms with E-state index >= 15 is 0 Å². The number of hydrogen-bond donors (Lipinski definition) is 3. The molecule has 0 radical (unpaired) electrons. The van der Waals surface area contributed by atoms with Gasteiger partial charge < -0.3 is 20.5 Å². The fourth-order valence-electron chi connectivity index (χ4n) is 1.28. The Balaban J connectivity index is 2.14. The lowest BCUT2D eigenvalue weighted by molar-refractivity contribution is -0.115. The third kappa shape index (κ3) is 6.70. The van der Waals surface area contributed by atoms with E-state index in [-0.39, 0.29) is 19.1 Å². The Labute approximate surface area is 115 Å². The maximum atomic E-state index is 11.5. The molecular weight excluding hydrogens is 300 g/mol. The van der Waals surface area contributed by atoms with Crippen LogP contribution in [0.15, 0.2) is 28.7 Å². The first kappa shape index (κ1) is 15.1. The van der Waals surface area contributed by atoms with Crippen molar-refractivity contribution in [3.8, 4) is 0 Å². The molecule has 0 spiro atoms. The molecule has 5 nitrogen and oxygen atoms in total. The first-order valence-corrected chi connectivity index (χ1v) is 6.46. The number of carbonyl (C=O) groups is 1. The number of ether oxygens (including phenoxy) is 1. The van der Waals surface area contributed by atoms with Gasteiger partial charge in [0.1, 0.15) is 0 Å². The Morgan fingerprint density at radius 2 is 2.22 bits per heavy atom. The van der Waals surface area contributed by atoms with Crippen molar-refractivity contribution in [2.24, 2.45) is 0 Å². The van der Waals surface area contributed by atoms with Crippen molar-refractivity contribution in [2.45, 2.75) is 0 Å². The van der Waals surface area contributed by atoms with Gasteiger partial charge in [0, 0.05) is 16.7 Å². The number of anilines is 1. The third-order valence-corrected chi connectivity index (χ3v) is 2.55. The second-order valence-corrected chi connectivity index (χ2v) is 4.49. The average Bonchev–Trinajstić information content (AvgIpc) is 2.33. The molecule has 0 fully saturated rings. The van der Waals surface area contributed by atoms with Gasteiger partial charge in [0.2, 0.25) is 5.91 Å². The summed E-state index contributed by atoms with van der Waals surface area (Å²) in [4.78, 5) is 11.5. The van der Waals surface area contributed by atoms with Crippen molar-refractivity contribution in [2.75, 3.05) is 38.2 Å². The number of aliphatic hydroxyl groups is 1. The van der Waals surface area contributed by atoms with Crippen LogP contribution in [0.25, 0.3) is 0 Å². The molecule has 3 N–H and O–H groups in total. The van der Waals surface area contributed by atoms with Gasteiger partial charge in [-0.1, -0.05) is 22.0 Å². The second-order valence-electron chi connectivity index (χ2n) is 3.57. The molecule has 1 amide bonds. The molecule has 0 unspecified atom stereocenters. The molecule has 0 atom stereocenters. The predicted molar refractivity (Wildman–Crippen MR) is 73.5 cm³/mol. The minimum atomic E-state index is -0.102. The van der Waals surface area contributed by atoms with E-state index in [1.807, 2.05) is 24.3 Å². The number of aliphatic hydroxyl groups excluding tert-OH is 1. The molecule has 0 saturated carbocycles. The van der Waals surface area contributed by atoms with Crippen LogP contribution in [-0.4, -0.2) is 43.9 Å². The summed E-state index contributed by atoms with van der Waals surface area (Å²) in [7, 11) is 0. The van der Waals surface area contributed by atoms with Crippen LogP contribution < -0.4 is 10.6 Å². The van der Waals surface area contributed by atoms with Crippen molar-refractivity contribution < 1.29 is 14.6 Å². The van der Waals surface area contributed by atoms with Crippen LogP contribution in [0, 0.1) is 0 Å². The zero-order valence-electron chi connectivity index (χ0n) is 9.99. The maximum Gasteiger partial charge on any atom is 0.238 e. The lowest BCUT2D eigenvalue weighted by Crippen LogP contribution is -2.30. The molecule has 0 saturated heterocycles. The smallest absolute Gasteiger partial charge is 0.238 e. The highest BCUT2D eigenvalue weighted by Gasteiger charge is 2.01. The molecule has 18 heavy (non-hydrogen) atoms. The summed E-state index contributed by atoms with van der Waals surface area (Å²) in [5.41, 5.74) is 0.757. The molecule has 0 aliphatic carbocycles. The van der Waals surface area contributed by atoms with Crippen LogP contribution in [0.4, 0.5) is 5.69 Å². The van der Waals surface area contributed by atoms with E-state index in [2.05, 4.69) is 26.6 Å². The quantitative estimate of drug-likeness (QED) is 0.625. The van der Waals surface area contributed by atoms with Crippen LogP contribution in [0.3, 0.4) is 0 Å². The first-order chi connectivity index (χ1) is 8.72. The Kier molecular flexibility index (Phi) is 7.59. The minimum absolute atomic E-state index is 0.0172. The van der Waals surface area contributed by atoms with E-state index in [0.29, 0.717) is 19.8 Å². The van der Waals surface area contributed by atoms with Gasteiger partial charge in [0.15, 0.2) is 0 Å². The molecule has 0 aromatic heterocycles. The normalized spacial score (nSPS) is 10.3. The van der Waals surface area contributed by atoms with Gasteiger partial charge in [-0.2, -0.15) is 0 Å². The van der Waals surface area contributed by atoms with Gasteiger partial charge in [0.05, 0.1) is 26.4 Å². The fraction of sp³-hybridized carbons (Fsp3) is 0.417. The van der Waals surface area contributed by atoms with E-state index in [1.165, 1.54) is 0 Å².